The second-order valence-corrected chi connectivity index (χ2v) is 5.96. The van der Waals surface area contributed by atoms with Gasteiger partial charge in [0.2, 0.25) is 0 Å². The van der Waals surface area contributed by atoms with Crippen molar-refractivity contribution in [2.45, 2.75) is 32.7 Å². The Kier molecular flexibility index (Phi) is 3.36. The summed E-state index contributed by atoms with van der Waals surface area (Å²) >= 11 is 0. The van der Waals surface area contributed by atoms with Gasteiger partial charge in [-0.05, 0) is 37.8 Å². The normalized spacial score (nSPS) is 22.8. The molecule has 0 saturated carbocycles. The maximum absolute atomic E-state index is 9.26. The van der Waals surface area contributed by atoms with Crippen LogP contribution < -0.4 is 4.90 Å². The Morgan fingerprint density at radius 2 is 1.85 bits per heavy atom. The fourth-order valence-electron chi connectivity index (χ4n) is 3.40. The molecule has 2 unspecified atom stereocenters. The van der Waals surface area contributed by atoms with Crippen LogP contribution in [0.4, 0.5) is 5.69 Å². The van der Waals surface area contributed by atoms with Gasteiger partial charge in [0.25, 0.3) is 0 Å². The van der Waals surface area contributed by atoms with Crippen LogP contribution in [0, 0.1) is 17.2 Å². The maximum Gasteiger partial charge on any atom is 0.0998 e. The van der Waals surface area contributed by atoms with Crippen molar-refractivity contribution >= 4 is 16.5 Å². The van der Waals surface area contributed by atoms with Gasteiger partial charge in [0.1, 0.15) is 0 Å². The summed E-state index contributed by atoms with van der Waals surface area (Å²) in [7, 11) is 0. The number of fused-ring (bicyclic) bond motifs is 1. The van der Waals surface area contributed by atoms with Crippen LogP contribution in [0.2, 0.25) is 0 Å². The average molecular weight is 264 g/mol. The molecule has 2 heteroatoms. The number of hydrogen-bond acceptors (Lipinski definition) is 2. The van der Waals surface area contributed by atoms with Crippen molar-refractivity contribution in [1.29, 1.82) is 5.26 Å². The standard InChI is InChI=1S/C18H20N2/c1-13-9-10-20(14(2)11-13)18-8-7-15(12-19)16-5-3-4-6-17(16)18/h3-8,13-14H,9-11H2,1-2H3. The summed E-state index contributed by atoms with van der Waals surface area (Å²) in [5, 5.41) is 11.5. The fraction of sp³-hybridized carbons (Fsp3) is 0.389. The highest BCUT2D eigenvalue weighted by Crippen LogP contribution is 2.34. The number of benzene rings is 2. The van der Waals surface area contributed by atoms with E-state index in [0.717, 1.165) is 23.4 Å². The quantitative estimate of drug-likeness (QED) is 0.766. The van der Waals surface area contributed by atoms with Crippen molar-refractivity contribution in [3.8, 4) is 6.07 Å². The Hall–Kier alpha value is -2.01. The molecule has 2 nitrogen and oxygen atoms in total. The van der Waals surface area contributed by atoms with Crippen LogP contribution in [-0.4, -0.2) is 12.6 Å². The van der Waals surface area contributed by atoms with Crippen LogP contribution in [0.3, 0.4) is 0 Å². The Morgan fingerprint density at radius 1 is 1.10 bits per heavy atom. The highest BCUT2D eigenvalue weighted by molar-refractivity contribution is 5.98. The van der Waals surface area contributed by atoms with E-state index in [1.54, 1.807) is 0 Å². The lowest BCUT2D eigenvalue weighted by atomic mass is 9.92. The van der Waals surface area contributed by atoms with Crippen molar-refractivity contribution in [2.24, 2.45) is 5.92 Å². The number of rotatable bonds is 1. The van der Waals surface area contributed by atoms with E-state index in [1.165, 1.54) is 23.9 Å². The Balaban J connectivity index is 2.11. The highest BCUT2D eigenvalue weighted by atomic mass is 15.2. The van der Waals surface area contributed by atoms with Gasteiger partial charge < -0.3 is 4.90 Å². The molecule has 0 radical (unpaired) electrons. The minimum Gasteiger partial charge on any atom is -0.368 e. The molecular formula is C18H20N2. The van der Waals surface area contributed by atoms with Gasteiger partial charge >= 0.3 is 0 Å². The van der Waals surface area contributed by atoms with Crippen molar-refractivity contribution in [3.63, 3.8) is 0 Å². The second-order valence-electron chi connectivity index (χ2n) is 5.96. The van der Waals surface area contributed by atoms with E-state index in [-0.39, 0.29) is 0 Å². The Labute approximate surface area is 120 Å². The third kappa shape index (κ3) is 2.14. The molecule has 1 heterocycles. The Morgan fingerprint density at radius 3 is 2.55 bits per heavy atom. The topological polar surface area (TPSA) is 27.0 Å². The van der Waals surface area contributed by atoms with Crippen LogP contribution in [-0.2, 0) is 0 Å². The first kappa shape index (κ1) is 13.0. The van der Waals surface area contributed by atoms with Gasteiger partial charge in [-0.3, -0.25) is 0 Å². The minimum absolute atomic E-state index is 0.565. The van der Waals surface area contributed by atoms with E-state index in [4.69, 9.17) is 0 Å². The summed E-state index contributed by atoms with van der Waals surface area (Å²) in [6.45, 7) is 5.76. The van der Waals surface area contributed by atoms with E-state index in [9.17, 15) is 5.26 Å². The molecule has 1 fully saturated rings. The number of anilines is 1. The van der Waals surface area contributed by atoms with Gasteiger partial charge in [0.15, 0.2) is 0 Å². The SMILES string of the molecule is CC1CCN(c2ccc(C#N)c3ccccc23)C(C)C1. The number of hydrogen-bond donors (Lipinski definition) is 0. The largest absolute Gasteiger partial charge is 0.368 e. The predicted molar refractivity (Wildman–Crippen MR) is 83.9 cm³/mol. The molecule has 20 heavy (non-hydrogen) atoms. The van der Waals surface area contributed by atoms with Gasteiger partial charge in [-0.1, -0.05) is 31.2 Å². The second kappa shape index (κ2) is 5.17. The molecule has 102 valence electrons. The number of nitrogens with zero attached hydrogens (tertiary/aromatic N) is 2. The molecule has 1 aliphatic heterocycles. The Bertz CT molecular complexity index is 669. The van der Waals surface area contributed by atoms with E-state index >= 15 is 0 Å². The van der Waals surface area contributed by atoms with E-state index < -0.39 is 0 Å². The van der Waals surface area contributed by atoms with E-state index in [0.29, 0.717) is 6.04 Å². The van der Waals surface area contributed by atoms with Crippen molar-refractivity contribution in [3.05, 3.63) is 42.0 Å². The molecule has 2 atom stereocenters. The molecule has 0 aromatic heterocycles. The molecule has 0 N–H and O–H groups in total. The van der Waals surface area contributed by atoms with Crippen molar-refractivity contribution < 1.29 is 0 Å². The number of nitriles is 1. The van der Waals surface area contributed by atoms with Crippen LogP contribution in [0.5, 0.6) is 0 Å². The third-order valence-corrected chi connectivity index (χ3v) is 4.47. The van der Waals surface area contributed by atoms with Gasteiger partial charge in [-0.2, -0.15) is 5.26 Å². The first-order chi connectivity index (χ1) is 9.70. The lowest BCUT2D eigenvalue weighted by Crippen LogP contribution is -2.40. The molecule has 2 aromatic carbocycles. The lowest BCUT2D eigenvalue weighted by Gasteiger charge is -2.39. The minimum atomic E-state index is 0.565. The zero-order valence-corrected chi connectivity index (χ0v) is 12.1. The molecule has 1 aliphatic rings. The molecule has 0 bridgehead atoms. The summed E-state index contributed by atoms with van der Waals surface area (Å²) in [6, 6.07) is 15.2. The highest BCUT2D eigenvalue weighted by Gasteiger charge is 2.24. The molecule has 0 spiro atoms. The van der Waals surface area contributed by atoms with Crippen LogP contribution >= 0.6 is 0 Å². The van der Waals surface area contributed by atoms with Gasteiger partial charge in [0.05, 0.1) is 11.6 Å². The lowest BCUT2D eigenvalue weighted by molar-refractivity contribution is 0.378. The first-order valence-corrected chi connectivity index (χ1v) is 7.39. The molecule has 3 rings (SSSR count). The maximum atomic E-state index is 9.26. The van der Waals surface area contributed by atoms with E-state index in [1.807, 2.05) is 12.1 Å². The zero-order valence-electron chi connectivity index (χ0n) is 12.1. The van der Waals surface area contributed by atoms with Crippen LogP contribution in [0.25, 0.3) is 10.8 Å². The van der Waals surface area contributed by atoms with Gasteiger partial charge in [-0.15, -0.1) is 0 Å². The summed E-state index contributed by atoms with van der Waals surface area (Å²) in [5.74, 6) is 0.811. The van der Waals surface area contributed by atoms with Crippen molar-refractivity contribution in [2.75, 3.05) is 11.4 Å². The van der Waals surface area contributed by atoms with Crippen LogP contribution in [0.15, 0.2) is 36.4 Å². The summed E-state index contributed by atoms with van der Waals surface area (Å²) in [5.41, 5.74) is 2.04. The smallest absolute Gasteiger partial charge is 0.0998 e. The predicted octanol–water partition coefficient (Wildman–Crippen LogP) is 4.34. The van der Waals surface area contributed by atoms with Crippen LogP contribution in [0.1, 0.15) is 32.3 Å². The van der Waals surface area contributed by atoms with E-state index in [2.05, 4.69) is 49.1 Å². The first-order valence-electron chi connectivity index (χ1n) is 7.39. The molecule has 0 amide bonds. The zero-order chi connectivity index (χ0) is 14.1. The third-order valence-electron chi connectivity index (χ3n) is 4.47. The van der Waals surface area contributed by atoms with Gasteiger partial charge in [0, 0.05) is 29.0 Å². The monoisotopic (exact) mass is 264 g/mol. The number of piperidine rings is 1. The summed E-state index contributed by atoms with van der Waals surface area (Å²) in [4.78, 5) is 2.50. The fourth-order valence-corrected chi connectivity index (χ4v) is 3.40. The average Bonchev–Trinajstić information content (AvgIpc) is 2.47. The molecule has 0 aliphatic carbocycles. The summed E-state index contributed by atoms with van der Waals surface area (Å²) < 4.78 is 0. The molecule has 2 aromatic rings. The van der Waals surface area contributed by atoms with Crippen molar-refractivity contribution in [1.82, 2.24) is 0 Å². The molecular weight excluding hydrogens is 244 g/mol. The summed E-state index contributed by atoms with van der Waals surface area (Å²) in [6.07, 6.45) is 2.49. The van der Waals surface area contributed by atoms with Gasteiger partial charge in [-0.25, -0.2) is 0 Å². The molecule has 1 saturated heterocycles.